The van der Waals surface area contributed by atoms with Gasteiger partial charge in [-0.25, -0.2) is 0 Å². The van der Waals surface area contributed by atoms with Crippen molar-refractivity contribution in [3.63, 3.8) is 0 Å². The summed E-state index contributed by atoms with van der Waals surface area (Å²) in [6.45, 7) is 2.42. The lowest BCUT2D eigenvalue weighted by atomic mass is 10.2. The summed E-state index contributed by atoms with van der Waals surface area (Å²) in [4.78, 5) is 10.9. The van der Waals surface area contributed by atoms with Crippen molar-refractivity contribution in [3.05, 3.63) is 0 Å². The van der Waals surface area contributed by atoms with E-state index in [1.54, 1.807) is 0 Å². The van der Waals surface area contributed by atoms with Crippen molar-refractivity contribution in [1.82, 2.24) is 0 Å². The lowest BCUT2D eigenvalue weighted by Gasteiger charge is -2.01. The number of unbranched alkanes of at least 4 members (excludes halogenated alkanes) is 2. The number of carbonyl (C=O) groups excluding carboxylic acids is 1. The highest BCUT2D eigenvalue weighted by atomic mass is 16.5. The van der Waals surface area contributed by atoms with Crippen molar-refractivity contribution < 1.29 is 9.53 Å². The summed E-state index contributed by atoms with van der Waals surface area (Å²) in [6.07, 6.45) is 3.50. The molecule has 68 valence electrons. The normalized spacial score (nSPS) is 9.00. The average molecular weight is 169 g/mol. The first-order valence-electron chi connectivity index (χ1n) is 4.33. The number of hydrogen-bond acceptors (Lipinski definition) is 3. The predicted octanol–water partition coefficient (Wildman–Crippen LogP) is 2.02. The highest BCUT2D eigenvalue weighted by Crippen LogP contribution is 1.97. The first kappa shape index (κ1) is 11.0. The van der Waals surface area contributed by atoms with Crippen LogP contribution in [0.4, 0.5) is 0 Å². The van der Waals surface area contributed by atoms with Crippen LogP contribution in [0.1, 0.15) is 39.0 Å². The summed E-state index contributed by atoms with van der Waals surface area (Å²) in [6, 6.07) is 1.99. The molecule has 0 aliphatic rings. The maximum atomic E-state index is 10.9. The maximum absolute atomic E-state index is 10.9. The molecule has 0 fully saturated rings. The SMILES string of the molecule is CCCCC(=O)OCCCC#N. The summed E-state index contributed by atoms with van der Waals surface area (Å²) < 4.78 is 4.86. The lowest BCUT2D eigenvalue weighted by molar-refractivity contribution is -0.143. The van der Waals surface area contributed by atoms with Gasteiger partial charge in [-0.3, -0.25) is 4.79 Å². The Bertz CT molecular complexity index is 160. The van der Waals surface area contributed by atoms with Crippen molar-refractivity contribution in [3.8, 4) is 6.07 Å². The average Bonchev–Trinajstić information content (AvgIpc) is 2.09. The lowest BCUT2D eigenvalue weighted by Crippen LogP contribution is -2.05. The number of esters is 1. The Kier molecular flexibility index (Phi) is 7.36. The second-order valence-electron chi connectivity index (χ2n) is 2.59. The number of nitriles is 1. The number of ether oxygens (including phenoxy) is 1. The monoisotopic (exact) mass is 169 g/mol. The zero-order valence-corrected chi connectivity index (χ0v) is 7.51. The Morgan fingerprint density at radius 2 is 2.25 bits per heavy atom. The predicted molar refractivity (Wildman–Crippen MR) is 45.3 cm³/mol. The highest BCUT2D eigenvalue weighted by molar-refractivity contribution is 5.69. The fourth-order valence-corrected chi connectivity index (χ4v) is 0.731. The standard InChI is InChI=1S/C9H15NO2/c1-2-3-6-9(11)12-8-5-4-7-10/h2-6,8H2,1H3. The molecule has 0 unspecified atom stereocenters. The summed E-state index contributed by atoms with van der Waals surface area (Å²) in [5, 5.41) is 8.18. The third-order valence-electron chi connectivity index (χ3n) is 1.43. The van der Waals surface area contributed by atoms with E-state index in [2.05, 4.69) is 0 Å². The van der Waals surface area contributed by atoms with Gasteiger partial charge in [0.25, 0.3) is 0 Å². The van der Waals surface area contributed by atoms with Gasteiger partial charge >= 0.3 is 5.97 Å². The third-order valence-corrected chi connectivity index (χ3v) is 1.43. The van der Waals surface area contributed by atoms with Crippen LogP contribution in [-0.2, 0) is 9.53 Å². The summed E-state index contributed by atoms with van der Waals surface area (Å²) in [5.74, 6) is -0.144. The van der Waals surface area contributed by atoms with E-state index < -0.39 is 0 Å². The van der Waals surface area contributed by atoms with E-state index in [9.17, 15) is 4.79 Å². The fourth-order valence-electron chi connectivity index (χ4n) is 0.731. The molecular formula is C9H15NO2. The van der Waals surface area contributed by atoms with Crippen LogP contribution < -0.4 is 0 Å². The minimum Gasteiger partial charge on any atom is -0.466 e. The largest absolute Gasteiger partial charge is 0.466 e. The van der Waals surface area contributed by atoms with Crippen LogP contribution in [0.3, 0.4) is 0 Å². The molecule has 0 spiro atoms. The molecule has 0 aromatic heterocycles. The van der Waals surface area contributed by atoms with Crippen molar-refractivity contribution in [2.75, 3.05) is 6.61 Å². The second kappa shape index (κ2) is 8.06. The Labute approximate surface area is 73.3 Å². The number of rotatable bonds is 6. The van der Waals surface area contributed by atoms with Crippen molar-refractivity contribution in [1.29, 1.82) is 5.26 Å². The van der Waals surface area contributed by atoms with Gasteiger partial charge in [0.1, 0.15) is 0 Å². The van der Waals surface area contributed by atoms with Gasteiger partial charge < -0.3 is 4.74 Å². The molecule has 0 aromatic rings. The van der Waals surface area contributed by atoms with Crippen LogP contribution >= 0.6 is 0 Å². The van der Waals surface area contributed by atoms with E-state index in [0.29, 0.717) is 25.9 Å². The summed E-state index contributed by atoms with van der Waals surface area (Å²) >= 11 is 0. The Morgan fingerprint density at radius 1 is 1.50 bits per heavy atom. The molecule has 0 bridgehead atoms. The number of nitrogens with zero attached hydrogens (tertiary/aromatic N) is 1. The third kappa shape index (κ3) is 7.07. The van der Waals surface area contributed by atoms with Crippen molar-refractivity contribution in [2.45, 2.75) is 39.0 Å². The quantitative estimate of drug-likeness (QED) is 0.451. The van der Waals surface area contributed by atoms with Gasteiger partial charge in [0.15, 0.2) is 0 Å². The molecule has 0 amide bonds. The molecule has 0 saturated heterocycles. The van der Waals surface area contributed by atoms with Crippen molar-refractivity contribution >= 4 is 5.97 Å². The fraction of sp³-hybridized carbons (Fsp3) is 0.778. The Balaban J connectivity index is 3.15. The van der Waals surface area contributed by atoms with E-state index in [0.717, 1.165) is 12.8 Å². The summed E-state index contributed by atoms with van der Waals surface area (Å²) in [7, 11) is 0. The van der Waals surface area contributed by atoms with E-state index in [-0.39, 0.29) is 5.97 Å². The maximum Gasteiger partial charge on any atom is 0.305 e. The van der Waals surface area contributed by atoms with Gasteiger partial charge in [-0.05, 0) is 12.8 Å². The Hall–Kier alpha value is -1.04. The topological polar surface area (TPSA) is 50.1 Å². The van der Waals surface area contributed by atoms with Gasteiger partial charge in [-0.2, -0.15) is 5.26 Å². The van der Waals surface area contributed by atoms with Gasteiger partial charge in [-0.15, -0.1) is 0 Å². The Morgan fingerprint density at radius 3 is 2.83 bits per heavy atom. The molecule has 12 heavy (non-hydrogen) atoms. The van der Waals surface area contributed by atoms with Crippen molar-refractivity contribution in [2.24, 2.45) is 0 Å². The van der Waals surface area contributed by atoms with Crippen LogP contribution in [0, 0.1) is 11.3 Å². The van der Waals surface area contributed by atoms with E-state index in [1.807, 2.05) is 13.0 Å². The van der Waals surface area contributed by atoms with Crippen LogP contribution in [0.25, 0.3) is 0 Å². The van der Waals surface area contributed by atoms with Gasteiger partial charge in [0.2, 0.25) is 0 Å². The highest BCUT2D eigenvalue weighted by Gasteiger charge is 1.99. The molecule has 0 radical (unpaired) electrons. The molecule has 0 saturated carbocycles. The first-order valence-corrected chi connectivity index (χ1v) is 4.33. The molecule has 0 aliphatic heterocycles. The first-order chi connectivity index (χ1) is 5.81. The summed E-state index contributed by atoms with van der Waals surface area (Å²) in [5.41, 5.74) is 0. The molecule has 0 heterocycles. The van der Waals surface area contributed by atoms with Gasteiger partial charge in [0, 0.05) is 12.8 Å². The molecule has 0 atom stereocenters. The smallest absolute Gasteiger partial charge is 0.305 e. The number of carbonyl (C=O) groups is 1. The molecule has 0 aliphatic carbocycles. The molecule has 0 aromatic carbocycles. The number of hydrogen-bond donors (Lipinski definition) is 0. The second-order valence-corrected chi connectivity index (χ2v) is 2.59. The minimum atomic E-state index is -0.144. The van der Waals surface area contributed by atoms with Crippen LogP contribution in [-0.4, -0.2) is 12.6 Å². The van der Waals surface area contributed by atoms with E-state index in [1.165, 1.54) is 0 Å². The zero-order valence-electron chi connectivity index (χ0n) is 7.51. The van der Waals surface area contributed by atoms with Gasteiger partial charge in [-0.1, -0.05) is 13.3 Å². The zero-order chi connectivity index (χ0) is 9.23. The van der Waals surface area contributed by atoms with Gasteiger partial charge in [0.05, 0.1) is 12.7 Å². The minimum absolute atomic E-state index is 0.144. The molecule has 0 N–H and O–H groups in total. The van der Waals surface area contributed by atoms with Crippen LogP contribution in [0.15, 0.2) is 0 Å². The molecular weight excluding hydrogens is 154 g/mol. The molecule has 3 heteroatoms. The van der Waals surface area contributed by atoms with Crippen LogP contribution in [0.2, 0.25) is 0 Å². The molecule has 0 rings (SSSR count). The van der Waals surface area contributed by atoms with Crippen LogP contribution in [0.5, 0.6) is 0 Å². The van der Waals surface area contributed by atoms with E-state index in [4.69, 9.17) is 10.00 Å². The van der Waals surface area contributed by atoms with E-state index >= 15 is 0 Å². The molecule has 3 nitrogen and oxygen atoms in total.